The maximum atomic E-state index is 13.0. The summed E-state index contributed by atoms with van der Waals surface area (Å²) in [6, 6.07) is 8.26. The zero-order valence-corrected chi connectivity index (χ0v) is 14.6. The van der Waals surface area contributed by atoms with E-state index in [4.69, 9.17) is 16.3 Å². The molecule has 0 saturated carbocycles. The van der Waals surface area contributed by atoms with Crippen LogP contribution in [0.15, 0.2) is 24.3 Å². The number of carbonyl (C=O) groups is 1. The molecular formula is C18H25ClN2O2. The number of hydrogen-bond acceptors (Lipinski definition) is 3. The van der Waals surface area contributed by atoms with Crippen molar-refractivity contribution in [1.29, 1.82) is 0 Å². The van der Waals surface area contributed by atoms with Gasteiger partial charge in [0.1, 0.15) is 6.10 Å². The smallest absolute Gasteiger partial charge is 0.226 e. The zero-order chi connectivity index (χ0) is 16.4. The van der Waals surface area contributed by atoms with Crippen LogP contribution in [0.2, 0.25) is 5.02 Å². The Kier molecular flexibility index (Phi) is 5.24. The summed E-state index contributed by atoms with van der Waals surface area (Å²) in [6.07, 6.45) is 1.70. The van der Waals surface area contributed by atoms with E-state index in [1.165, 1.54) is 0 Å². The van der Waals surface area contributed by atoms with E-state index < -0.39 is 0 Å². The van der Waals surface area contributed by atoms with Crippen LogP contribution in [-0.4, -0.2) is 42.6 Å². The van der Waals surface area contributed by atoms with Gasteiger partial charge in [-0.25, -0.2) is 0 Å². The monoisotopic (exact) mass is 336 g/mol. The van der Waals surface area contributed by atoms with Crippen LogP contribution in [-0.2, 0) is 9.53 Å². The Morgan fingerprint density at radius 1 is 1.35 bits per heavy atom. The maximum absolute atomic E-state index is 13.0. The average Bonchev–Trinajstić information content (AvgIpc) is 2.55. The van der Waals surface area contributed by atoms with Crippen LogP contribution in [0.1, 0.15) is 38.4 Å². The van der Waals surface area contributed by atoms with Gasteiger partial charge in [0, 0.05) is 22.5 Å². The van der Waals surface area contributed by atoms with Crippen molar-refractivity contribution in [3.63, 3.8) is 0 Å². The number of rotatable bonds is 2. The van der Waals surface area contributed by atoms with E-state index in [-0.39, 0.29) is 24.0 Å². The molecule has 1 aromatic rings. The molecule has 5 heteroatoms. The van der Waals surface area contributed by atoms with E-state index in [1.807, 2.05) is 29.2 Å². The standard InChI is InChI=1S/C18H25ClN2O2/c1-12-9-14(7-8-20-12)18(22)21-10-17(23-11-13(21)2)15-5-3-4-6-16(15)19/h3-6,12-14,17,20H,7-11H2,1-2H3/t12-,13?,14-,17?/m0/s1. The van der Waals surface area contributed by atoms with Crippen molar-refractivity contribution < 1.29 is 9.53 Å². The number of nitrogens with one attached hydrogen (secondary N) is 1. The Morgan fingerprint density at radius 3 is 2.87 bits per heavy atom. The summed E-state index contributed by atoms with van der Waals surface area (Å²) in [6.45, 7) is 6.27. The van der Waals surface area contributed by atoms with Crippen LogP contribution < -0.4 is 5.32 Å². The lowest BCUT2D eigenvalue weighted by Crippen LogP contribution is -2.52. The van der Waals surface area contributed by atoms with Gasteiger partial charge in [-0.1, -0.05) is 29.8 Å². The lowest BCUT2D eigenvalue weighted by atomic mass is 9.91. The van der Waals surface area contributed by atoms with Crippen LogP contribution in [0.25, 0.3) is 0 Å². The lowest BCUT2D eigenvalue weighted by Gasteiger charge is -2.41. The van der Waals surface area contributed by atoms with Crippen LogP contribution in [0, 0.1) is 5.92 Å². The molecule has 2 saturated heterocycles. The number of morpholine rings is 1. The maximum Gasteiger partial charge on any atom is 0.226 e. The van der Waals surface area contributed by atoms with Crippen LogP contribution in [0.3, 0.4) is 0 Å². The van der Waals surface area contributed by atoms with Gasteiger partial charge in [0.15, 0.2) is 0 Å². The number of hydrogen-bond donors (Lipinski definition) is 1. The predicted octanol–water partition coefficient (Wildman–Crippen LogP) is 3.02. The largest absolute Gasteiger partial charge is 0.369 e. The van der Waals surface area contributed by atoms with Crippen molar-refractivity contribution in [2.24, 2.45) is 5.92 Å². The fourth-order valence-electron chi connectivity index (χ4n) is 3.58. The SMILES string of the molecule is CC1COC(c2ccccc2Cl)CN1C(=O)[C@H]1CCN[C@@H](C)C1. The third-order valence-corrected chi connectivity index (χ3v) is 5.29. The van der Waals surface area contributed by atoms with E-state index in [1.54, 1.807) is 0 Å². The first-order valence-corrected chi connectivity index (χ1v) is 8.84. The van der Waals surface area contributed by atoms with Crippen molar-refractivity contribution in [1.82, 2.24) is 10.2 Å². The molecule has 1 N–H and O–H groups in total. The molecule has 2 fully saturated rings. The Hall–Kier alpha value is -1.10. The number of piperidine rings is 1. The van der Waals surface area contributed by atoms with Gasteiger partial charge in [-0.3, -0.25) is 4.79 Å². The molecule has 126 valence electrons. The molecule has 4 nitrogen and oxygen atoms in total. The molecule has 2 heterocycles. The Bertz CT molecular complexity index is 566. The van der Waals surface area contributed by atoms with E-state index >= 15 is 0 Å². The molecular weight excluding hydrogens is 312 g/mol. The number of ether oxygens (including phenoxy) is 1. The highest BCUT2D eigenvalue weighted by molar-refractivity contribution is 6.31. The summed E-state index contributed by atoms with van der Waals surface area (Å²) < 4.78 is 5.96. The molecule has 2 aliphatic heterocycles. The van der Waals surface area contributed by atoms with Gasteiger partial charge in [0.25, 0.3) is 0 Å². The van der Waals surface area contributed by atoms with Crippen molar-refractivity contribution in [3.8, 4) is 0 Å². The average molecular weight is 337 g/mol. The third-order valence-electron chi connectivity index (χ3n) is 4.94. The second-order valence-corrected chi connectivity index (χ2v) is 7.17. The molecule has 0 aromatic heterocycles. The van der Waals surface area contributed by atoms with E-state index in [9.17, 15) is 4.79 Å². The summed E-state index contributed by atoms with van der Waals surface area (Å²) >= 11 is 6.30. The molecule has 1 amide bonds. The van der Waals surface area contributed by atoms with E-state index in [0.717, 1.165) is 24.9 Å². The van der Waals surface area contributed by atoms with Gasteiger partial charge in [-0.05, 0) is 39.3 Å². The van der Waals surface area contributed by atoms with Crippen LogP contribution in [0.4, 0.5) is 0 Å². The predicted molar refractivity (Wildman–Crippen MR) is 91.5 cm³/mol. The van der Waals surface area contributed by atoms with Crippen LogP contribution >= 0.6 is 11.6 Å². The fourth-order valence-corrected chi connectivity index (χ4v) is 3.84. The number of nitrogens with zero attached hydrogens (tertiary/aromatic N) is 1. The first-order chi connectivity index (χ1) is 11.1. The minimum Gasteiger partial charge on any atom is -0.369 e. The third kappa shape index (κ3) is 3.70. The molecule has 0 aliphatic carbocycles. The van der Waals surface area contributed by atoms with Gasteiger partial charge in [0.2, 0.25) is 5.91 Å². The highest BCUT2D eigenvalue weighted by atomic mass is 35.5. The number of benzene rings is 1. The molecule has 3 rings (SSSR count). The molecule has 4 atom stereocenters. The Morgan fingerprint density at radius 2 is 2.13 bits per heavy atom. The van der Waals surface area contributed by atoms with Gasteiger partial charge >= 0.3 is 0 Å². The highest BCUT2D eigenvalue weighted by Gasteiger charge is 2.35. The quantitative estimate of drug-likeness (QED) is 0.902. The first-order valence-electron chi connectivity index (χ1n) is 8.46. The van der Waals surface area contributed by atoms with Crippen molar-refractivity contribution in [3.05, 3.63) is 34.9 Å². The number of halogens is 1. The number of amides is 1. The van der Waals surface area contributed by atoms with Crippen molar-refractivity contribution in [2.75, 3.05) is 19.7 Å². The second-order valence-electron chi connectivity index (χ2n) is 6.76. The number of carbonyl (C=O) groups excluding carboxylic acids is 1. The zero-order valence-electron chi connectivity index (χ0n) is 13.8. The van der Waals surface area contributed by atoms with Gasteiger partial charge in [0.05, 0.1) is 19.2 Å². The molecule has 2 aliphatic rings. The summed E-state index contributed by atoms with van der Waals surface area (Å²) in [5.74, 6) is 0.393. The molecule has 2 unspecified atom stereocenters. The van der Waals surface area contributed by atoms with E-state index in [2.05, 4.69) is 19.2 Å². The first kappa shape index (κ1) is 16.7. The van der Waals surface area contributed by atoms with Crippen molar-refractivity contribution >= 4 is 17.5 Å². The molecule has 0 radical (unpaired) electrons. The van der Waals surface area contributed by atoms with Gasteiger partial charge in [-0.15, -0.1) is 0 Å². The minimum absolute atomic E-state index is 0.117. The highest BCUT2D eigenvalue weighted by Crippen LogP contribution is 2.31. The Balaban J connectivity index is 1.73. The van der Waals surface area contributed by atoms with Crippen molar-refractivity contribution in [2.45, 2.75) is 44.9 Å². The van der Waals surface area contributed by atoms with Gasteiger partial charge in [-0.2, -0.15) is 0 Å². The lowest BCUT2D eigenvalue weighted by molar-refractivity contribution is -0.150. The molecule has 1 aromatic carbocycles. The minimum atomic E-state index is -0.136. The summed E-state index contributed by atoms with van der Waals surface area (Å²) in [5.41, 5.74) is 0.970. The summed E-state index contributed by atoms with van der Waals surface area (Å²) in [5, 5.41) is 4.11. The van der Waals surface area contributed by atoms with Crippen LogP contribution in [0.5, 0.6) is 0 Å². The van der Waals surface area contributed by atoms with Gasteiger partial charge < -0.3 is 15.0 Å². The summed E-state index contributed by atoms with van der Waals surface area (Å²) in [4.78, 5) is 15.0. The fraction of sp³-hybridized carbons (Fsp3) is 0.611. The summed E-state index contributed by atoms with van der Waals surface area (Å²) in [7, 11) is 0. The molecule has 0 spiro atoms. The Labute approximate surface area is 143 Å². The van der Waals surface area contributed by atoms with E-state index in [0.29, 0.717) is 24.2 Å². The second kappa shape index (κ2) is 7.20. The molecule has 0 bridgehead atoms. The normalized spacial score (nSPS) is 31.9. The molecule has 23 heavy (non-hydrogen) atoms. The topological polar surface area (TPSA) is 41.6 Å².